The number of carbonyl (C=O) groups is 1. The zero-order valence-corrected chi connectivity index (χ0v) is 13.7. The molecule has 0 aliphatic heterocycles. The molecule has 0 atom stereocenters. The van der Waals surface area contributed by atoms with Crippen LogP contribution >= 0.6 is 0 Å². The lowest BCUT2D eigenvalue weighted by Crippen LogP contribution is -2.07. The molecule has 0 spiro atoms. The molecule has 2 aromatic rings. The van der Waals surface area contributed by atoms with Crippen molar-refractivity contribution < 1.29 is 34.0 Å². The highest BCUT2D eigenvalue weighted by Crippen LogP contribution is 2.39. The van der Waals surface area contributed by atoms with E-state index in [0.29, 0.717) is 0 Å². The maximum atomic E-state index is 12.9. The van der Waals surface area contributed by atoms with Gasteiger partial charge in [0.15, 0.2) is 23.0 Å². The topological polar surface area (TPSA) is 94.5 Å². The normalized spacial score (nSPS) is 10.2. The maximum absolute atomic E-state index is 12.9. The van der Waals surface area contributed by atoms with E-state index in [-0.39, 0.29) is 45.6 Å². The second-order valence-electron chi connectivity index (χ2n) is 4.78. The van der Waals surface area contributed by atoms with E-state index in [2.05, 4.69) is 0 Å². The Balaban J connectivity index is 2.64. The number of hydrogen-bond donors (Lipinski definition) is 2. The highest BCUT2D eigenvalue weighted by molar-refractivity contribution is 6.13. The molecule has 2 rings (SSSR count). The van der Waals surface area contributed by atoms with Gasteiger partial charge in [-0.15, -0.1) is 0 Å². The van der Waals surface area contributed by atoms with Crippen molar-refractivity contribution in [2.24, 2.45) is 0 Å². The summed E-state index contributed by atoms with van der Waals surface area (Å²) in [6, 6.07) is 5.32. The number of phenols is 2. The molecule has 24 heavy (non-hydrogen) atoms. The number of phenolic OH excluding ortho intramolecular Hbond substituents is 2. The Hall–Kier alpha value is -3.09. The number of ether oxygens (including phenoxy) is 4. The summed E-state index contributed by atoms with van der Waals surface area (Å²) in [7, 11) is 5.51. The van der Waals surface area contributed by atoms with E-state index in [0.717, 1.165) is 0 Å². The zero-order chi connectivity index (χ0) is 17.9. The van der Waals surface area contributed by atoms with Crippen molar-refractivity contribution in [2.45, 2.75) is 0 Å². The SMILES string of the molecule is COc1cc(C(=O)c2cc(OC)c(O)cc2OC)c(OC)cc1O. The average Bonchev–Trinajstić information content (AvgIpc) is 2.60. The number of aromatic hydroxyl groups is 2. The van der Waals surface area contributed by atoms with Crippen LogP contribution < -0.4 is 18.9 Å². The average molecular weight is 334 g/mol. The van der Waals surface area contributed by atoms with Crippen LogP contribution in [0.3, 0.4) is 0 Å². The van der Waals surface area contributed by atoms with Crippen LogP contribution in [0.15, 0.2) is 24.3 Å². The predicted molar refractivity (Wildman–Crippen MR) is 85.9 cm³/mol. The van der Waals surface area contributed by atoms with Crippen LogP contribution in [-0.4, -0.2) is 44.4 Å². The van der Waals surface area contributed by atoms with Crippen molar-refractivity contribution in [1.82, 2.24) is 0 Å². The van der Waals surface area contributed by atoms with Crippen molar-refractivity contribution in [1.29, 1.82) is 0 Å². The van der Waals surface area contributed by atoms with Gasteiger partial charge in [0.25, 0.3) is 0 Å². The molecule has 0 amide bonds. The summed E-state index contributed by atoms with van der Waals surface area (Å²) in [6.07, 6.45) is 0. The van der Waals surface area contributed by atoms with Crippen LogP contribution in [0.25, 0.3) is 0 Å². The number of ketones is 1. The molecular formula is C17H18O7. The van der Waals surface area contributed by atoms with E-state index in [9.17, 15) is 15.0 Å². The van der Waals surface area contributed by atoms with Gasteiger partial charge in [0.05, 0.1) is 39.6 Å². The van der Waals surface area contributed by atoms with Gasteiger partial charge in [0.1, 0.15) is 11.5 Å². The van der Waals surface area contributed by atoms with E-state index in [4.69, 9.17) is 18.9 Å². The summed E-state index contributed by atoms with van der Waals surface area (Å²) in [5.41, 5.74) is 0.330. The van der Waals surface area contributed by atoms with E-state index in [1.54, 1.807) is 0 Å². The minimum absolute atomic E-state index is 0.129. The molecule has 2 N–H and O–H groups in total. The molecular weight excluding hydrogens is 316 g/mol. The van der Waals surface area contributed by atoms with Gasteiger partial charge in [-0.2, -0.15) is 0 Å². The first-order chi connectivity index (χ1) is 11.5. The summed E-state index contributed by atoms with van der Waals surface area (Å²) in [5.74, 6) is -0.143. The molecule has 7 heteroatoms. The summed E-state index contributed by atoms with van der Waals surface area (Å²) >= 11 is 0. The van der Waals surface area contributed by atoms with E-state index < -0.39 is 5.78 Å². The summed E-state index contributed by atoms with van der Waals surface area (Å²) in [6.45, 7) is 0. The maximum Gasteiger partial charge on any atom is 0.200 e. The smallest absolute Gasteiger partial charge is 0.200 e. The quantitative estimate of drug-likeness (QED) is 0.783. The number of methoxy groups -OCH3 is 4. The van der Waals surface area contributed by atoms with Crippen molar-refractivity contribution in [3.8, 4) is 34.5 Å². The van der Waals surface area contributed by atoms with Gasteiger partial charge in [-0.05, 0) is 12.1 Å². The van der Waals surface area contributed by atoms with Crippen molar-refractivity contribution in [2.75, 3.05) is 28.4 Å². The lowest BCUT2D eigenvalue weighted by atomic mass is 10.00. The lowest BCUT2D eigenvalue weighted by Gasteiger charge is -2.14. The Morgan fingerprint density at radius 3 is 1.29 bits per heavy atom. The first kappa shape index (κ1) is 17.3. The first-order valence-corrected chi connectivity index (χ1v) is 6.91. The van der Waals surface area contributed by atoms with Crippen LogP contribution in [0.4, 0.5) is 0 Å². The molecule has 0 aliphatic carbocycles. The highest BCUT2D eigenvalue weighted by Gasteiger charge is 2.23. The summed E-state index contributed by atoms with van der Waals surface area (Å²) < 4.78 is 20.4. The predicted octanol–water partition coefficient (Wildman–Crippen LogP) is 2.36. The van der Waals surface area contributed by atoms with E-state index >= 15 is 0 Å². The lowest BCUT2D eigenvalue weighted by molar-refractivity contribution is 0.103. The molecule has 7 nitrogen and oxygen atoms in total. The fourth-order valence-corrected chi connectivity index (χ4v) is 2.26. The standard InChI is InChI=1S/C17H18O7/c1-21-13-7-11(18)15(23-3)5-9(13)17(20)10-6-16(24-4)12(19)8-14(10)22-2/h5-8,18-19H,1-4H3. The highest BCUT2D eigenvalue weighted by atomic mass is 16.5. The number of carbonyl (C=O) groups excluding carboxylic acids is 1. The minimum Gasteiger partial charge on any atom is -0.504 e. The zero-order valence-electron chi connectivity index (χ0n) is 13.7. The Morgan fingerprint density at radius 1 is 0.667 bits per heavy atom. The third-order valence-electron chi connectivity index (χ3n) is 3.49. The third-order valence-corrected chi connectivity index (χ3v) is 3.49. The second kappa shape index (κ2) is 6.99. The Morgan fingerprint density at radius 2 is 1.00 bits per heavy atom. The number of rotatable bonds is 6. The van der Waals surface area contributed by atoms with Gasteiger partial charge in [-0.25, -0.2) is 0 Å². The Kier molecular flexibility index (Phi) is 5.03. The van der Waals surface area contributed by atoms with Crippen molar-refractivity contribution >= 4 is 5.78 Å². The number of hydrogen-bond acceptors (Lipinski definition) is 7. The molecule has 0 heterocycles. The van der Waals surface area contributed by atoms with E-state index in [1.165, 1.54) is 52.7 Å². The van der Waals surface area contributed by atoms with Gasteiger partial charge >= 0.3 is 0 Å². The van der Waals surface area contributed by atoms with Gasteiger partial charge in [-0.3, -0.25) is 4.79 Å². The molecule has 0 unspecified atom stereocenters. The molecule has 0 fully saturated rings. The van der Waals surface area contributed by atoms with Gasteiger partial charge in [0.2, 0.25) is 5.78 Å². The van der Waals surface area contributed by atoms with E-state index in [1.807, 2.05) is 0 Å². The molecule has 0 aliphatic rings. The molecule has 0 radical (unpaired) electrons. The van der Waals surface area contributed by atoms with Crippen LogP contribution in [-0.2, 0) is 0 Å². The molecule has 0 aromatic heterocycles. The minimum atomic E-state index is -0.444. The van der Waals surface area contributed by atoms with Crippen molar-refractivity contribution in [3.05, 3.63) is 35.4 Å². The summed E-state index contributed by atoms with van der Waals surface area (Å²) in [4.78, 5) is 12.9. The van der Waals surface area contributed by atoms with Gasteiger partial charge in [-0.1, -0.05) is 0 Å². The fraction of sp³-hybridized carbons (Fsp3) is 0.235. The fourth-order valence-electron chi connectivity index (χ4n) is 2.26. The molecule has 0 saturated carbocycles. The molecule has 0 saturated heterocycles. The second-order valence-corrected chi connectivity index (χ2v) is 4.78. The summed E-state index contributed by atoms with van der Waals surface area (Å²) in [5, 5.41) is 19.6. The molecule has 2 aromatic carbocycles. The third kappa shape index (κ3) is 3.01. The van der Waals surface area contributed by atoms with Crippen LogP contribution in [0, 0.1) is 0 Å². The van der Waals surface area contributed by atoms with Gasteiger partial charge in [0, 0.05) is 12.1 Å². The Labute approximate surface area is 139 Å². The monoisotopic (exact) mass is 334 g/mol. The van der Waals surface area contributed by atoms with Crippen molar-refractivity contribution in [3.63, 3.8) is 0 Å². The van der Waals surface area contributed by atoms with Crippen LogP contribution in [0.1, 0.15) is 15.9 Å². The Bertz CT molecular complexity index is 705. The molecule has 0 bridgehead atoms. The first-order valence-electron chi connectivity index (χ1n) is 6.91. The largest absolute Gasteiger partial charge is 0.504 e. The van der Waals surface area contributed by atoms with Gasteiger partial charge < -0.3 is 29.2 Å². The molecule has 128 valence electrons. The van der Waals surface area contributed by atoms with Crippen LogP contribution in [0.5, 0.6) is 34.5 Å². The van der Waals surface area contributed by atoms with Crippen LogP contribution in [0.2, 0.25) is 0 Å². The number of benzene rings is 2.